The van der Waals surface area contributed by atoms with Gasteiger partial charge in [-0.1, -0.05) is 48.5 Å². The Morgan fingerprint density at radius 3 is 2.53 bits per heavy atom. The highest BCUT2D eigenvalue weighted by atomic mass is 16.5. The molecule has 0 aliphatic heterocycles. The average Bonchev–Trinajstić information content (AvgIpc) is 2.95. The first-order chi connectivity index (χ1) is 18.5. The van der Waals surface area contributed by atoms with Gasteiger partial charge in [0.25, 0.3) is 0 Å². The minimum atomic E-state index is -0.472. The van der Waals surface area contributed by atoms with Crippen LogP contribution in [0.25, 0.3) is 33.4 Å². The molecule has 5 aromatic rings. The van der Waals surface area contributed by atoms with Gasteiger partial charge in [0.15, 0.2) is 5.82 Å². The third kappa shape index (κ3) is 5.44. The fourth-order valence-electron chi connectivity index (χ4n) is 4.17. The molecule has 0 saturated carbocycles. The number of ether oxygens (including phenoxy) is 1. The molecule has 0 saturated heterocycles. The quantitative estimate of drug-likeness (QED) is 0.284. The van der Waals surface area contributed by atoms with Crippen LogP contribution in [0.3, 0.4) is 0 Å². The summed E-state index contributed by atoms with van der Waals surface area (Å²) in [5.74, 6) is 2.00. The van der Waals surface area contributed by atoms with E-state index in [4.69, 9.17) is 14.7 Å². The molecule has 5 rings (SSSR count). The van der Waals surface area contributed by atoms with E-state index in [2.05, 4.69) is 33.5 Å². The van der Waals surface area contributed by atoms with Crippen molar-refractivity contribution >= 4 is 28.6 Å². The van der Waals surface area contributed by atoms with Crippen LogP contribution in [-0.2, 0) is 11.3 Å². The number of aromatic nitrogens is 4. The van der Waals surface area contributed by atoms with Crippen LogP contribution in [0.5, 0.6) is 0 Å². The summed E-state index contributed by atoms with van der Waals surface area (Å²) in [5, 5.41) is 3.64. The number of nitrogens with zero attached hydrogens (tertiary/aromatic N) is 5. The van der Waals surface area contributed by atoms with Crippen LogP contribution in [0.4, 0.5) is 16.4 Å². The van der Waals surface area contributed by atoms with Crippen molar-refractivity contribution in [2.75, 3.05) is 11.9 Å². The summed E-state index contributed by atoms with van der Waals surface area (Å²) in [5.41, 5.74) is 4.36. The lowest BCUT2D eigenvalue weighted by Gasteiger charge is -2.21. The monoisotopic (exact) mass is 504 g/mol. The number of rotatable bonds is 7. The van der Waals surface area contributed by atoms with E-state index in [-0.39, 0.29) is 12.6 Å². The number of hydrogen-bond acceptors (Lipinski definition) is 7. The van der Waals surface area contributed by atoms with E-state index in [0.29, 0.717) is 5.82 Å². The Labute approximate surface area is 221 Å². The molecule has 38 heavy (non-hydrogen) atoms. The van der Waals surface area contributed by atoms with Crippen LogP contribution < -0.4 is 10.2 Å². The van der Waals surface area contributed by atoms with E-state index >= 15 is 0 Å². The number of nitrogens with one attached hydrogen (secondary N) is 1. The number of carbonyl (C=O) groups is 1. The Kier molecular flexibility index (Phi) is 7.21. The van der Waals surface area contributed by atoms with E-state index < -0.39 is 6.09 Å². The smallest absolute Gasteiger partial charge is 0.407 e. The maximum atomic E-state index is 11.9. The maximum absolute atomic E-state index is 11.9. The van der Waals surface area contributed by atoms with Gasteiger partial charge in [0, 0.05) is 42.8 Å². The SMILES string of the molecule is CC(C)NC(=O)OCc1cncc(-c2nc(N(C)c3ccccn3)c3c(-c4ccccc4)cccc3n2)c1. The molecule has 8 heteroatoms. The standard InChI is InChI=1S/C30H28N6O2/c1-20(2)33-30(37)38-19-21-16-23(18-31-17-21)28-34-25-13-9-12-24(22-10-5-4-6-11-22)27(25)29(35-28)36(3)26-14-7-8-15-32-26/h4-18,20H,19H2,1-3H3,(H,33,37). The highest BCUT2D eigenvalue weighted by Gasteiger charge is 2.19. The highest BCUT2D eigenvalue weighted by Crippen LogP contribution is 2.37. The van der Waals surface area contributed by atoms with Gasteiger partial charge in [0.1, 0.15) is 18.2 Å². The van der Waals surface area contributed by atoms with E-state index in [1.165, 1.54) is 0 Å². The van der Waals surface area contributed by atoms with Crippen molar-refractivity contribution in [1.29, 1.82) is 0 Å². The number of benzene rings is 2. The molecular weight excluding hydrogens is 476 g/mol. The number of carbonyl (C=O) groups excluding carboxylic acids is 1. The Bertz CT molecular complexity index is 1560. The zero-order chi connectivity index (χ0) is 26.5. The first-order valence-electron chi connectivity index (χ1n) is 12.4. The maximum Gasteiger partial charge on any atom is 0.407 e. The van der Waals surface area contributed by atoms with Crippen molar-refractivity contribution in [2.45, 2.75) is 26.5 Å². The van der Waals surface area contributed by atoms with Gasteiger partial charge in [-0.25, -0.2) is 19.7 Å². The molecule has 0 aliphatic rings. The summed E-state index contributed by atoms with van der Waals surface area (Å²) in [4.78, 5) is 32.8. The van der Waals surface area contributed by atoms with Crippen LogP contribution in [0.15, 0.2) is 91.4 Å². The second-order valence-corrected chi connectivity index (χ2v) is 9.14. The average molecular weight is 505 g/mol. The molecule has 0 fully saturated rings. The number of fused-ring (bicyclic) bond motifs is 1. The number of amides is 1. The summed E-state index contributed by atoms with van der Waals surface area (Å²) in [6.07, 6.45) is 4.67. The predicted molar refractivity (Wildman–Crippen MR) is 149 cm³/mol. The second-order valence-electron chi connectivity index (χ2n) is 9.14. The normalized spacial score (nSPS) is 10.9. The fraction of sp³-hybridized carbons (Fsp3) is 0.167. The van der Waals surface area contributed by atoms with Crippen molar-refractivity contribution in [3.8, 4) is 22.5 Å². The highest BCUT2D eigenvalue weighted by molar-refractivity contribution is 6.03. The number of anilines is 2. The lowest BCUT2D eigenvalue weighted by molar-refractivity contribution is 0.137. The summed E-state index contributed by atoms with van der Waals surface area (Å²) < 4.78 is 5.34. The van der Waals surface area contributed by atoms with Crippen LogP contribution >= 0.6 is 0 Å². The Balaban J connectivity index is 1.61. The predicted octanol–water partition coefficient (Wildman–Crippen LogP) is 6.16. The molecule has 190 valence electrons. The molecule has 3 heterocycles. The van der Waals surface area contributed by atoms with Crippen molar-refractivity contribution in [1.82, 2.24) is 25.3 Å². The molecule has 0 aliphatic carbocycles. The molecule has 3 aromatic heterocycles. The molecule has 0 unspecified atom stereocenters. The molecule has 8 nitrogen and oxygen atoms in total. The molecule has 1 N–H and O–H groups in total. The lowest BCUT2D eigenvalue weighted by Crippen LogP contribution is -2.30. The van der Waals surface area contributed by atoms with E-state index in [9.17, 15) is 4.79 Å². The van der Waals surface area contributed by atoms with Crippen molar-refractivity contribution < 1.29 is 9.53 Å². The second kappa shape index (κ2) is 11.0. The van der Waals surface area contributed by atoms with Gasteiger partial charge in [-0.2, -0.15) is 0 Å². The molecule has 0 spiro atoms. The molecule has 2 aromatic carbocycles. The van der Waals surface area contributed by atoms with Crippen molar-refractivity contribution in [3.63, 3.8) is 0 Å². The first kappa shape index (κ1) is 24.8. The van der Waals surface area contributed by atoms with Gasteiger partial charge in [-0.05, 0) is 49.2 Å². The van der Waals surface area contributed by atoms with Crippen LogP contribution in [0.1, 0.15) is 19.4 Å². The van der Waals surface area contributed by atoms with Gasteiger partial charge >= 0.3 is 6.09 Å². The molecule has 1 amide bonds. The Morgan fingerprint density at radius 1 is 0.947 bits per heavy atom. The molecular formula is C30H28N6O2. The number of hydrogen-bond donors (Lipinski definition) is 1. The molecule has 0 radical (unpaired) electrons. The largest absolute Gasteiger partial charge is 0.445 e. The zero-order valence-corrected chi connectivity index (χ0v) is 21.5. The third-order valence-corrected chi connectivity index (χ3v) is 5.93. The fourth-order valence-corrected chi connectivity index (χ4v) is 4.17. The van der Waals surface area contributed by atoms with Crippen LogP contribution in [0, 0.1) is 0 Å². The Morgan fingerprint density at radius 2 is 1.76 bits per heavy atom. The Hall–Kier alpha value is -4.85. The summed E-state index contributed by atoms with van der Waals surface area (Å²) >= 11 is 0. The topological polar surface area (TPSA) is 93.1 Å². The van der Waals surface area contributed by atoms with Gasteiger partial charge in [0.2, 0.25) is 0 Å². The summed E-state index contributed by atoms with van der Waals surface area (Å²) in [6.45, 7) is 3.85. The van der Waals surface area contributed by atoms with E-state index in [0.717, 1.165) is 44.8 Å². The van der Waals surface area contributed by atoms with Crippen molar-refractivity contribution in [2.24, 2.45) is 0 Å². The summed E-state index contributed by atoms with van der Waals surface area (Å²) in [7, 11) is 1.95. The van der Waals surface area contributed by atoms with Gasteiger partial charge in [-0.3, -0.25) is 4.98 Å². The number of alkyl carbamates (subject to hydrolysis) is 1. The molecule has 0 bridgehead atoms. The minimum absolute atomic E-state index is 0.00625. The number of pyridine rings is 2. The zero-order valence-electron chi connectivity index (χ0n) is 21.5. The summed E-state index contributed by atoms with van der Waals surface area (Å²) in [6, 6.07) is 23.9. The first-order valence-corrected chi connectivity index (χ1v) is 12.4. The van der Waals surface area contributed by atoms with E-state index in [1.54, 1.807) is 18.6 Å². The lowest BCUT2D eigenvalue weighted by atomic mass is 10.0. The molecule has 0 atom stereocenters. The van der Waals surface area contributed by atoms with Crippen LogP contribution in [-0.4, -0.2) is 39.1 Å². The third-order valence-electron chi connectivity index (χ3n) is 5.93. The van der Waals surface area contributed by atoms with Gasteiger partial charge in [-0.15, -0.1) is 0 Å². The van der Waals surface area contributed by atoms with Crippen LogP contribution in [0.2, 0.25) is 0 Å². The minimum Gasteiger partial charge on any atom is -0.445 e. The van der Waals surface area contributed by atoms with E-state index in [1.807, 2.05) is 80.4 Å². The van der Waals surface area contributed by atoms with Crippen molar-refractivity contribution in [3.05, 3.63) is 97.0 Å². The van der Waals surface area contributed by atoms with Gasteiger partial charge < -0.3 is 15.0 Å². The van der Waals surface area contributed by atoms with Gasteiger partial charge in [0.05, 0.1) is 10.9 Å².